The second-order valence-electron chi connectivity index (χ2n) is 4.04. The molecular weight excluding hydrogens is 256 g/mol. The van der Waals surface area contributed by atoms with Gasteiger partial charge in [0, 0.05) is 12.7 Å². The van der Waals surface area contributed by atoms with Gasteiger partial charge in [0.1, 0.15) is 0 Å². The highest BCUT2D eigenvalue weighted by atomic mass is 32.2. The summed E-state index contributed by atoms with van der Waals surface area (Å²) in [5.41, 5.74) is 1.24. The lowest BCUT2D eigenvalue weighted by Crippen LogP contribution is -2.27. The molecule has 1 N–H and O–H groups in total. The fourth-order valence-corrected chi connectivity index (χ4v) is 2.31. The van der Waals surface area contributed by atoms with Gasteiger partial charge < -0.3 is 5.32 Å². The Morgan fingerprint density at radius 3 is 2.63 bits per heavy atom. The summed E-state index contributed by atoms with van der Waals surface area (Å²) < 4.78 is 0. The maximum atomic E-state index is 11.6. The number of carbonyl (C=O) groups excluding carboxylic acids is 1. The normalized spacial score (nSPS) is 10.1. The number of carbonyl (C=O) groups is 1. The van der Waals surface area contributed by atoms with Gasteiger partial charge in [0.2, 0.25) is 5.91 Å². The molecule has 1 amide bonds. The van der Waals surface area contributed by atoms with Crippen molar-refractivity contribution in [2.24, 2.45) is 0 Å². The molecule has 0 spiro atoms. The summed E-state index contributed by atoms with van der Waals surface area (Å²) in [6, 6.07) is 15.8. The van der Waals surface area contributed by atoms with E-state index < -0.39 is 0 Å². The van der Waals surface area contributed by atoms with E-state index in [2.05, 4.69) is 22.4 Å². The molecule has 0 bridgehead atoms. The molecule has 2 rings (SSSR count). The molecule has 0 aliphatic rings. The third-order valence-electron chi connectivity index (χ3n) is 2.57. The molecular formula is C15H16N2OS. The summed E-state index contributed by atoms with van der Waals surface area (Å²) >= 11 is 1.45. The van der Waals surface area contributed by atoms with Crippen LogP contribution in [0.5, 0.6) is 0 Å². The van der Waals surface area contributed by atoms with Crippen molar-refractivity contribution in [3.8, 4) is 0 Å². The average molecular weight is 272 g/mol. The van der Waals surface area contributed by atoms with Gasteiger partial charge >= 0.3 is 0 Å². The maximum absolute atomic E-state index is 11.6. The summed E-state index contributed by atoms with van der Waals surface area (Å²) in [4.78, 5) is 15.8. The van der Waals surface area contributed by atoms with Crippen molar-refractivity contribution in [1.29, 1.82) is 0 Å². The van der Waals surface area contributed by atoms with Crippen molar-refractivity contribution in [1.82, 2.24) is 10.3 Å². The Balaban J connectivity index is 1.65. The largest absolute Gasteiger partial charge is 0.355 e. The third-order valence-corrected chi connectivity index (χ3v) is 3.51. The number of thioether (sulfide) groups is 1. The minimum Gasteiger partial charge on any atom is -0.355 e. The van der Waals surface area contributed by atoms with Crippen LogP contribution < -0.4 is 5.32 Å². The Morgan fingerprint density at radius 2 is 1.89 bits per heavy atom. The molecule has 1 aromatic carbocycles. The monoisotopic (exact) mass is 272 g/mol. The van der Waals surface area contributed by atoms with E-state index in [9.17, 15) is 4.79 Å². The number of hydrogen-bond acceptors (Lipinski definition) is 3. The van der Waals surface area contributed by atoms with Crippen LogP contribution in [0.1, 0.15) is 5.56 Å². The van der Waals surface area contributed by atoms with E-state index in [4.69, 9.17) is 0 Å². The third kappa shape index (κ3) is 5.14. The number of rotatable bonds is 6. The fraction of sp³-hybridized carbons (Fsp3) is 0.200. The number of hydrogen-bond donors (Lipinski definition) is 1. The van der Waals surface area contributed by atoms with E-state index in [0.717, 1.165) is 11.4 Å². The van der Waals surface area contributed by atoms with Gasteiger partial charge in [-0.2, -0.15) is 0 Å². The van der Waals surface area contributed by atoms with E-state index in [1.807, 2.05) is 36.4 Å². The molecule has 19 heavy (non-hydrogen) atoms. The van der Waals surface area contributed by atoms with E-state index in [0.29, 0.717) is 12.3 Å². The van der Waals surface area contributed by atoms with Gasteiger partial charge in [-0.15, -0.1) is 0 Å². The summed E-state index contributed by atoms with van der Waals surface area (Å²) in [6.07, 6.45) is 2.59. The smallest absolute Gasteiger partial charge is 0.230 e. The van der Waals surface area contributed by atoms with Crippen LogP contribution in [0.15, 0.2) is 59.8 Å². The summed E-state index contributed by atoms with van der Waals surface area (Å²) in [6.45, 7) is 0.672. The molecule has 98 valence electrons. The van der Waals surface area contributed by atoms with Crippen LogP contribution in [0.3, 0.4) is 0 Å². The number of nitrogens with zero attached hydrogens (tertiary/aromatic N) is 1. The summed E-state index contributed by atoms with van der Waals surface area (Å²) in [5, 5.41) is 3.79. The highest BCUT2D eigenvalue weighted by Crippen LogP contribution is 2.12. The number of aromatic nitrogens is 1. The van der Waals surface area contributed by atoms with E-state index >= 15 is 0 Å². The van der Waals surface area contributed by atoms with Crippen LogP contribution in [0, 0.1) is 0 Å². The van der Waals surface area contributed by atoms with Crippen molar-refractivity contribution < 1.29 is 4.79 Å². The topological polar surface area (TPSA) is 42.0 Å². The minimum atomic E-state index is 0.0478. The average Bonchev–Trinajstić information content (AvgIpc) is 2.47. The highest BCUT2D eigenvalue weighted by molar-refractivity contribution is 7.99. The molecule has 1 heterocycles. The second kappa shape index (κ2) is 7.59. The zero-order valence-corrected chi connectivity index (χ0v) is 11.4. The molecule has 0 saturated heterocycles. The lowest BCUT2D eigenvalue weighted by atomic mass is 10.1. The fourth-order valence-electron chi connectivity index (χ4n) is 1.61. The van der Waals surface area contributed by atoms with Crippen molar-refractivity contribution in [2.45, 2.75) is 11.4 Å². The quantitative estimate of drug-likeness (QED) is 0.822. The summed E-state index contributed by atoms with van der Waals surface area (Å²) in [5.74, 6) is 0.456. The lowest BCUT2D eigenvalue weighted by Gasteiger charge is -2.05. The Hall–Kier alpha value is -1.81. The van der Waals surface area contributed by atoms with Gasteiger partial charge in [0.25, 0.3) is 0 Å². The Labute approximate surface area is 117 Å². The highest BCUT2D eigenvalue weighted by Gasteiger charge is 2.02. The lowest BCUT2D eigenvalue weighted by molar-refractivity contribution is -0.118. The molecule has 0 radical (unpaired) electrons. The zero-order chi connectivity index (χ0) is 13.3. The number of benzene rings is 1. The molecule has 4 heteroatoms. The van der Waals surface area contributed by atoms with Crippen molar-refractivity contribution >= 4 is 17.7 Å². The SMILES string of the molecule is O=C(CSc1ccccn1)NCCc1ccccc1. The number of nitrogens with one attached hydrogen (secondary N) is 1. The first kappa shape index (κ1) is 13.6. The van der Waals surface area contributed by atoms with Crippen LogP contribution in [-0.4, -0.2) is 23.2 Å². The van der Waals surface area contributed by atoms with Gasteiger partial charge in [-0.25, -0.2) is 4.98 Å². The van der Waals surface area contributed by atoms with E-state index in [-0.39, 0.29) is 5.91 Å². The molecule has 3 nitrogen and oxygen atoms in total. The molecule has 0 atom stereocenters. The minimum absolute atomic E-state index is 0.0478. The zero-order valence-electron chi connectivity index (χ0n) is 10.6. The standard InChI is InChI=1S/C15H16N2OS/c18-14(12-19-15-8-4-5-10-17-15)16-11-9-13-6-2-1-3-7-13/h1-8,10H,9,11-12H2,(H,16,18). The molecule has 2 aromatic rings. The van der Waals surface area contributed by atoms with E-state index in [1.165, 1.54) is 17.3 Å². The van der Waals surface area contributed by atoms with Gasteiger partial charge in [0.15, 0.2) is 0 Å². The van der Waals surface area contributed by atoms with Crippen LogP contribution in [0.4, 0.5) is 0 Å². The molecule has 1 aromatic heterocycles. The Kier molecular flexibility index (Phi) is 5.44. The van der Waals surface area contributed by atoms with E-state index in [1.54, 1.807) is 6.20 Å². The Morgan fingerprint density at radius 1 is 1.11 bits per heavy atom. The van der Waals surface area contributed by atoms with Crippen LogP contribution >= 0.6 is 11.8 Å². The molecule has 0 fully saturated rings. The van der Waals surface area contributed by atoms with Gasteiger partial charge in [-0.05, 0) is 24.1 Å². The molecule has 0 aliphatic carbocycles. The first-order valence-electron chi connectivity index (χ1n) is 6.19. The predicted molar refractivity (Wildman–Crippen MR) is 78.1 cm³/mol. The van der Waals surface area contributed by atoms with Gasteiger partial charge in [0.05, 0.1) is 10.8 Å². The second-order valence-corrected chi connectivity index (χ2v) is 5.04. The number of amides is 1. The first-order valence-corrected chi connectivity index (χ1v) is 7.17. The van der Waals surface area contributed by atoms with Gasteiger partial charge in [-0.1, -0.05) is 48.2 Å². The van der Waals surface area contributed by atoms with Crippen molar-refractivity contribution in [2.75, 3.05) is 12.3 Å². The first-order chi connectivity index (χ1) is 9.34. The Bertz CT molecular complexity index is 502. The summed E-state index contributed by atoms with van der Waals surface area (Å²) in [7, 11) is 0. The van der Waals surface area contributed by atoms with Crippen LogP contribution in [-0.2, 0) is 11.2 Å². The maximum Gasteiger partial charge on any atom is 0.230 e. The van der Waals surface area contributed by atoms with Crippen molar-refractivity contribution in [3.63, 3.8) is 0 Å². The molecule has 0 saturated carbocycles. The van der Waals surface area contributed by atoms with Gasteiger partial charge in [-0.3, -0.25) is 4.79 Å². The number of pyridine rings is 1. The molecule has 0 aliphatic heterocycles. The van der Waals surface area contributed by atoms with Crippen LogP contribution in [0.25, 0.3) is 0 Å². The molecule has 0 unspecified atom stereocenters. The van der Waals surface area contributed by atoms with Crippen LogP contribution in [0.2, 0.25) is 0 Å². The van der Waals surface area contributed by atoms with Crippen molar-refractivity contribution in [3.05, 3.63) is 60.3 Å². The predicted octanol–water partition coefficient (Wildman–Crippen LogP) is 2.53.